The molecule has 0 amide bonds. The van der Waals surface area contributed by atoms with Gasteiger partial charge in [-0.15, -0.1) is 24.0 Å². The lowest BCUT2D eigenvalue weighted by atomic mass is 9.78. The molecule has 0 radical (unpaired) electrons. The Morgan fingerprint density at radius 1 is 1.37 bits per heavy atom. The van der Waals surface area contributed by atoms with Gasteiger partial charge in [-0.2, -0.15) is 0 Å². The molecule has 1 aromatic carbocycles. The summed E-state index contributed by atoms with van der Waals surface area (Å²) < 4.78 is 26.3. The first kappa shape index (κ1) is 24.2. The number of nitrogens with one attached hydrogen (secondary N) is 2. The van der Waals surface area contributed by atoms with E-state index in [4.69, 9.17) is 0 Å². The van der Waals surface area contributed by atoms with Crippen molar-refractivity contribution >= 4 is 40.0 Å². The van der Waals surface area contributed by atoms with Crippen LogP contribution < -0.4 is 10.0 Å². The van der Waals surface area contributed by atoms with Gasteiger partial charge in [-0.1, -0.05) is 32.4 Å². The number of piperidine rings is 1. The van der Waals surface area contributed by atoms with Crippen LogP contribution in [0.3, 0.4) is 0 Å². The minimum Gasteiger partial charge on any atom is -0.352 e. The van der Waals surface area contributed by atoms with Crippen LogP contribution in [-0.4, -0.2) is 46.5 Å². The molecule has 1 saturated heterocycles. The third kappa shape index (κ3) is 6.60. The van der Waals surface area contributed by atoms with E-state index >= 15 is 0 Å². The molecule has 2 N–H and O–H groups in total. The summed E-state index contributed by atoms with van der Waals surface area (Å²) in [6.07, 6.45) is 4.86. The zero-order valence-corrected chi connectivity index (χ0v) is 19.9. The molecule has 6 nitrogen and oxygen atoms in total. The number of aliphatic imine (C=N–C) groups is 1. The topological polar surface area (TPSA) is 73.8 Å². The number of nitrogens with zero attached hydrogens (tertiary/aromatic N) is 2. The highest BCUT2D eigenvalue weighted by molar-refractivity contribution is 14.0. The number of sulfonamides is 1. The van der Waals surface area contributed by atoms with E-state index in [0.29, 0.717) is 12.0 Å². The van der Waals surface area contributed by atoms with Crippen molar-refractivity contribution in [3.63, 3.8) is 0 Å². The fraction of sp³-hybridized carbons (Fsp3) is 0.632. The first-order chi connectivity index (χ1) is 12.3. The first-order valence-corrected chi connectivity index (χ1v) is 10.8. The lowest BCUT2D eigenvalue weighted by Crippen LogP contribution is -2.49. The average molecular weight is 508 g/mol. The summed E-state index contributed by atoms with van der Waals surface area (Å²) >= 11 is 0. The molecule has 1 unspecified atom stereocenters. The maximum absolute atomic E-state index is 12.0. The Bertz CT molecular complexity index is 735. The fourth-order valence-electron chi connectivity index (χ4n) is 3.76. The van der Waals surface area contributed by atoms with Crippen molar-refractivity contribution in [3.05, 3.63) is 29.8 Å². The van der Waals surface area contributed by atoms with Crippen molar-refractivity contribution in [1.29, 1.82) is 0 Å². The van der Waals surface area contributed by atoms with E-state index in [-0.39, 0.29) is 28.9 Å². The van der Waals surface area contributed by atoms with Gasteiger partial charge in [0, 0.05) is 26.7 Å². The van der Waals surface area contributed by atoms with Crippen molar-refractivity contribution in [1.82, 2.24) is 14.9 Å². The molecule has 0 aliphatic carbocycles. The van der Waals surface area contributed by atoms with E-state index < -0.39 is 10.0 Å². The third-order valence-electron chi connectivity index (χ3n) is 5.07. The van der Waals surface area contributed by atoms with Crippen molar-refractivity contribution in [2.45, 2.75) is 51.0 Å². The van der Waals surface area contributed by atoms with E-state index in [1.54, 1.807) is 25.2 Å². The largest absolute Gasteiger partial charge is 0.352 e. The number of likely N-dealkylation sites (tertiary alicyclic amines) is 1. The molecular weight excluding hydrogens is 475 g/mol. The normalized spacial score (nSPS) is 20.9. The van der Waals surface area contributed by atoms with Crippen LogP contribution in [0.15, 0.2) is 34.2 Å². The second-order valence-corrected chi connectivity index (χ2v) is 9.23. The van der Waals surface area contributed by atoms with Crippen LogP contribution in [0.4, 0.5) is 0 Å². The number of guanidine groups is 1. The van der Waals surface area contributed by atoms with E-state index in [9.17, 15) is 8.42 Å². The van der Waals surface area contributed by atoms with Gasteiger partial charge in [0.05, 0.1) is 4.90 Å². The van der Waals surface area contributed by atoms with E-state index in [2.05, 4.69) is 33.8 Å². The van der Waals surface area contributed by atoms with Crippen molar-refractivity contribution in [3.8, 4) is 0 Å². The van der Waals surface area contributed by atoms with E-state index in [0.717, 1.165) is 24.6 Å². The lowest BCUT2D eigenvalue weighted by Gasteiger charge is -2.42. The van der Waals surface area contributed by atoms with Gasteiger partial charge in [0.15, 0.2) is 5.96 Å². The molecule has 2 rings (SSSR count). The van der Waals surface area contributed by atoms with Crippen LogP contribution in [0.25, 0.3) is 0 Å². The number of hydrogen-bond acceptors (Lipinski definition) is 3. The molecule has 0 aromatic heterocycles. The minimum atomic E-state index is -3.43. The molecule has 1 aromatic rings. The molecule has 154 valence electrons. The second-order valence-electron chi connectivity index (χ2n) is 7.34. The number of halogens is 1. The molecule has 1 fully saturated rings. The van der Waals surface area contributed by atoms with Gasteiger partial charge in [0.25, 0.3) is 0 Å². The van der Waals surface area contributed by atoms with Crippen LogP contribution in [0.5, 0.6) is 0 Å². The Balaban J connectivity index is 0.00000364. The highest BCUT2D eigenvalue weighted by Crippen LogP contribution is 2.33. The lowest BCUT2D eigenvalue weighted by molar-refractivity contribution is 0.142. The molecule has 0 spiro atoms. The standard InChI is InChI=1S/C19H32N4O2S.HI/c1-5-10-19(2)11-7-12-23(15-19)18(20-3)22-14-16-8-6-9-17(13-16)26(24,25)21-4;/h6,8-9,13,21H,5,7,10-12,14-15H2,1-4H3,(H,20,22);1H. The number of hydrogen-bond donors (Lipinski definition) is 2. The van der Waals surface area contributed by atoms with Crippen LogP contribution >= 0.6 is 24.0 Å². The monoisotopic (exact) mass is 508 g/mol. The van der Waals surface area contributed by atoms with Gasteiger partial charge in [0.2, 0.25) is 10.0 Å². The zero-order chi connectivity index (χ0) is 19.2. The van der Waals surface area contributed by atoms with Gasteiger partial charge in [-0.25, -0.2) is 13.1 Å². The molecule has 27 heavy (non-hydrogen) atoms. The fourth-order valence-corrected chi connectivity index (χ4v) is 4.56. The van der Waals surface area contributed by atoms with Crippen LogP contribution in [0, 0.1) is 5.41 Å². The second kappa shape index (κ2) is 10.6. The van der Waals surface area contributed by atoms with Crippen molar-refractivity contribution in [2.75, 3.05) is 27.2 Å². The summed E-state index contributed by atoms with van der Waals surface area (Å²) in [6, 6.07) is 6.99. The summed E-state index contributed by atoms with van der Waals surface area (Å²) in [4.78, 5) is 7.05. The SMILES string of the molecule is CCCC1(C)CCCN(C(=NC)NCc2cccc(S(=O)(=O)NC)c2)C1.I. The maximum Gasteiger partial charge on any atom is 0.240 e. The highest BCUT2D eigenvalue weighted by atomic mass is 127. The minimum absolute atomic E-state index is 0. The number of rotatable bonds is 6. The van der Waals surface area contributed by atoms with Crippen LogP contribution in [-0.2, 0) is 16.6 Å². The Morgan fingerprint density at radius 3 is 2.74 bits per heavy atom. The quantitative estimate of drug-likeness (QED) is 0.352. The van der Waals surface area contributed by atoms with Gasteiger partial charge in [-0.3, -0.25) is 4.99 Å². The molecule has 0 saturated carbocycles. The zero-order valence-electron chi connectivity index (χ0n) is 16.8. The molecule has 1 aliphatic heterocycles. The predicted octanol–water partition coefficient (Wildman–Crippen LogP) is 3.19. The highest BCUT2D eigenvalue weighted by Gasteiger charge is 2.31. The van der Waals surface area contributed by atoms with Crippen LogP contribution in [0.2, 0.25) is 0 Å². The van der Waals surface area contributed by atoms with Crippen molar-refractivity contribution in [2.24, 2.45) is 10.4 Å². The molecule has 8 heteroatoms. The summed E-state index contributed by atoms with van der Waals surface area (Å²) in [7, 11) is -0.202. The van der Waals surface area contributed by atoms with Gasteiger partial charge in [-0.05, 0) is 49.4 Å². The van der Waals surface area contributed by atoms with Crippen molar-refractivity contribution < 1.29 is 8.42 Å². The summed E-state index contributed by atoms with van der Waals surface area (Å²) in [5.74, 6) is 0.883. The molecule has 1 atom stereocenters. The molecule has 0 bridgehead atoms. The molecular formula is C19H33IN4O2S. The smallest absolute Gasteiger partial charge is 0.240 e. The summed E-state index contributed by atoms with van der Waals surface area (Å²) in [6.45, 7) is 7.16. The Hall–Kier alpha value is -0.870. The Kier molecular flexibility index (Phi) is 9.50. The summed E-state index contributed by atoms with van der Waals surface area (Å²) in [5.41, 5.74) is 1.25. The van der Waals surface area contributed by atoms with Gasteiger partial charge >= 0.3 is 0 Å². The van der Waals surface area contributed by atoms with E-state index in [1.165, 1.54) is 32.7 Å². The Labute approximate surface area is 181 Å². The first-order valence-electron chi connectivity index (χ1n) is 9.31. The predicted molar refractivity (Wildman–Crippen MR) is 122 cm³/mol. The van der Waals surface area contributed by atoms with Gasteiger partial charge < -0.3 is 10.2 Å². The molecule has 1 aliphatic rings. The number of benzene rings is 1. The average Bonchev–Trinajstić information content (AvgIpc) is 2.62. The summed E-state index contributed by atoms with van der Waals surface area (Å²) in [5, 5.41) is 3.39. The van der Waals surface area contributed by atoms with Gasteiger partial charge in [0.1, 0.15) is 0 Å². The third-order valence-corrected chi connectivity index (χ3v) is 6.49. The van der Waals surface area contributed by atoms with Crippen LogP contribution in [0.1, 0.15) is 45.1 Å². The molecule has 1 heterocycles. The Morgan fingerprint density at radius 2 is 2.11 bits per heavy atom. The maximum atomic E-state index is 12.0. The van der Waals surface area contributed by atoms with E-state index in [1.807, 2.05) is 6.07 Å².